The lowest BCUT2D eigenvalue weighted by Crippen LogP contribution is -2.29. The lowest BCUT2D eigenvalue weighted by atomic mass is 9.95. The minimum atomic E-state index is -0.884. The molecule has 1 saturated heterocycles. The van der Waals surface area contributed by atoms with Crippen LogP contribution >= 0.6 is 23.2 Å². The molecule has 0 radical (unpaired) electrons. The third kappa shape index (κ3) is 3.55. The number of likely N-dealkylation sites (tertiary alicyclic amines) is 1. The van der Waals surface area contributed by atoms with Gasteiger partial charge >= 0.3 is 0 Å². The number of carbonyl (C=O) groups excluding carboxylic acids is 2. The Hall–Kier alpha value is -3.02. The number of benzene rings is 2. The van der Waals surface area contributed by atoms with E-state index in [1.54, 1.807) is 54.6 Å². The monoisotopic (exact) mass is 427 g/mol. The highest BCUT2D eigenvalue weighted by atomic mass is 35.5. The zero-order valence-electron chi connectivity index (χ0n) is 15.0. The highest BCUT2D eigenvalue weighted by molar-refractivity contribution is 6.47. The Kier molecular flexibility index (Phi) is 5.18. The molecule has 0 spiro atoms. The Labute approximate surface area is 176 Å². The summed E-state index contributed by atoms with van der Waals surface area (Å²) >= 11 is 12.4. The molecule has 4 rings (SSSR count). The third-order valence-electron chi connectivity index (χ3n) is 4.75. The van der Waals surface area contributed by atoms with Crippen molar-refractivity contribution in [1.29, 1.82) is 0 Å². The number of hydrogen-bond donors (Lipinski definition) is 1. The molecule has 1 fully saturated rings. The van der Waals surface area contributed by atoms with Gasteiger partial charge in [-0.25, -0.2) is 0 Å². The molecule has 146 valence electrons. The van der Waals surface area contributed by atoms with Gasteiger partial charge in [0.15, 0.2) is 0 Å². The van der Waals surface area contributed by atoms with Gasteiger partial charge in [-0.2, -0.15) is 0 Å². The molecular formula is C22H15Cl2NO4. The number of rotatable bonds is 4. The Balaban J connectivity index is 1.90. The molecule has 7 heteroatoms. The van der Waals surface area contributed by atoms with Crippen LogP contribution < -0.4 is 0 Å². The number of aliphatic hydroxyl groups excluding tert-OH is 1. The van der Waals surface area contributed by atoms with Crippen LogP contribution in [0.5, 0.6) is 0 Å². The molecule has 0 bridgehead atoms. The van der Waals surface area contributed by atoms with Gasteiger partial charge in [-0.05, 0) is 29.8 Å². The number of ketones is 1. The molecule has 29 heavy (non-hydrogen) atoms. The summed E-state index contributed by atoms with van der Waals surface area (Å²) in [6.07, 6.45) is 1.49. The molecule has 0 aliphatic carbocycles. The number of Topliss-reactive ketones (excluding diaryl/α,β-unsaturated/α-hetero) is 1. The van der Waals surface area contributed by atoms with Gasteiger partial charge in [0.1, 0.15) is 11.5 Å². The van der Waals surface area contributed by atoms with Gasteiger partial charge in [0.2, 0.25) is 0 Å². The van der Waals surface area contributed by atoms with Crippen molar-refractivity contribution in [3.05, 3.63) is 99.4 Å². The first-order valence-corrected chi connectivity index (χ1v) is 9.54. The predicted octanol–water partition coefficient (Wildman–Crippen LogP) is 5.21. The second-order valence-corrected chi connectivity index (χ2v) is 7.38. The van der Waals surface area contributed by atoms with Gasteiger partial charge in [-0.3, -0.25) is 9.59 Å². The van der Waals surface area contributed by atoms with Gasteiger partial charge in [-0.15, -0.1) is 0 Å². The molecule has 1 N–H and O–H groups in total. The normalized spacial score (nSPS) is 18.4. The van der Waals surface area contributed by atoms with Crippen LogP contribution in [0.25, 0.3) is 5.76 Å². The summed E-state index contributed by atoms with van der Waals surface area (Å²) in [6, 6.07) is 15.9. The number of aliphatic hydroxyl groups is 1. The van der Waals surface area contributed by atoms with Crippen molar-refractivity contribution in [3.8, 4) is 0 Å². The van der Waals surface area contributed by atoms with E-state index in [4.69, 9.17) is 27.6 Å². The van der Waals surface area contributed by atoms with Crippen molar-refractivity contribution in [2.45, 2.75) is 12.6 Å². The van der Waals surface area contributed by atoms with E-state index in [9.17, 15) is 14.7 Å². The summed E-state index contributed by atoms with van der Waals surface area (Å²) < 4.78 is 5.36. The summed E-state index contributed by atoms with van der Waals surface area (Å²) in [5, 5.41) is 11.6. The fraction of sp³-hybridized carbons (Fsp3) is 0.0909. The fourth-order valence-electron chi connectivity index (χ4n) is 3.41. The third-order valence-corrected chi connectivity index (χ3v) is 5.31. The van der Waals surface area contributed by atoms with Gasteiger partial charge < -0.3 is 14.4 Å². The molecule has 1 aliphatic rings. The maximum atomic E-state index is 12.9. The molecule has 0 saturated carbocycles. The highest BCUT2D eigenvalue weighted by Crippen LogP contribution is 2.43. The van der Waals surface area contributed by atoms with Crippen LogP contribution in [0.2, 0.25) is 10.0 Å². The van der Waals surface area contributed by atoms with Crippen LogP contribution in [0.3, 0.4) is 0 Å². The molecule has 2 aromatic carbocycles. The summed E-state index contributed by atoms with van der Waals surface area (Å²) in [4.78, 5) is 27.1. The van der Waals surface area contributed by atoms with Gasteiger partial charge in [0.25, 0.3) is 11.7 Å². The van der Waals surface area contributed by atoms with Crippen molar-refractivity contribution in [2.75, 3.05) is 0 Å². The average molecular weight is 428 g/mol. The van der Waals surface area contributed by atoms with E-state index < -0.39 is 17.7 Å². The standard InChI is InChI=1S/C22H15Cl2NO4/c23-14-8-9-16(17(24)11-14)19-18(20(26)13-5-2-1-3-6-13)21(27)22(28)25(19)12-15-7-4-10-29-15/h1-11,19,26H,12H2/t19-/m0/s1. The molecule has 1 aromatic heterocycles. The van der Waals surface area contributed by atoms with Crippen LogP contribution in [0.4, 0.5) is 0 Å². The number of halogens is 2. The Morgan fingerprint density at radius 2 is 1.79 bits per heavy atom. The van der Waals surface area contributed by atoms with E-state index in [1.165, 1.54) is 17.2 Å². The van der Waals surface area contributed by atoms with E-state index in [1.807, 2.05) is 0 Å². The second kappa shape index (κ2) is 7.78. The van der Waals surface area contributed by atoms with Crippen LogP contribution in [0, 0.1) is 0 Å². The zero-order valence-corrected chi connectivity index (χ0v) is 16.5. The molecule has 1 amide bonds. The van der Waals surface area contributed by atoms with E-state index >= 15 is 0 Å². The van der Waals surface area contributed by atoms with Crippen LogP contribution in [0.1, 0.15) is 22.9 Å². The lowest BCUT2D eigenvalue weighted by molar-refractivity contribution is -0.140. The van der Waals surface area contributed by atoms with Crippen molar-refractivity contribution >= 4 is 40.7 Å². The summed E-state index contributed by atoms with van der Waals surface area (Å²) in [6.45, 7) is 0.0484. The quantitative estimate of drug-likeness (QED) is 0.352. The topological polar surface area (TPSA) is 70.8 Å². The molecule has 0 unspecified atom stereocenters. The van der Waals surface area contributed by atoms with Crippen molar-refractivity contribution in [3.63, 3.8) is 0 Å². The van der Waals surface area contributed by atoms with E-state index in [0.717, 1.165) is 0 Å². The average Bonchev–Trinajstić information content (AvgIpc) is 3.31. The first-order valence-electron chi connectivity index (χ1n) is 8.78. The van der Waals surface area contributed by atoms with Crippen molar-refractivity contribution in [1.82, 2.24) is 4.90 Å². The van der Waals surface area contributed by atoms with E-state index in [0.29, 0.717) is 21.9 Å². The van der Waals surface area contributed by atoms with Crippen LogP contribution in [0.15, 0.2) is 76.9 Å². The maximum absolute atomic E-state index is 12.9. The largest absolute Gasteiger partial charge is 0.507 e. The van der Waals surface area contributed by atoms with Crippen LogP contribution in [-0.2, 0) is 16.1 Å². The number of carbonyl (C=O) groups is 2. The smallest absolute Gasteiger partial charge is 0.296 e. The molecular weight excluding hydrogens is 413 g/mol. The first-order chi connectivity index (χ1) is 14.0. The molecule has 5 nitrogen and oxygen atoms in total. The molecule has 3 aromatic rings. The lowest BCUT2D eigenvalue weighted by Gasteiger charge is -2.25. The Bertz CT molecular complexity index is 1110. The summed E-state index contributed by atoms with van der Waals surface area (Å²) in [7, 11) is 0. The van der Waals surface area contributed by atoms with E-state index in [-0.39, 0.29) is 22.9 Å². The Morgan fingerprint density at radius 3 is 2.45 bits per heavy atom. The van der Waals surface area contributed by atoms with Crippen molar-refractivity contribution in [2.24, 2.45) is 0 Å². The number of hydrogen-bond acceptors (Lipinski definition) is 4. The SMILES string of the molecule is O=C1C(=O)N(Cc2ccco2)[C@@H](c2ccc(Cl)cc2Cl)C1=C(O)c1ccccc1. The number of amides is 1. The maximum Gasteiger partial charge on any atom is 0.296 e. The first kappa shape index (κ1) is 19.3. The minimum Gasteiger partial charge on any atom is -0.507 e. The van der Waals surface area contributed by atoms with Crippen LogP contribution in [-0.4, -0.2) is 21.7 Å². The predicted molar refractivity (Wildman–Crippen MR) is 109 cm³/mol. The molecule has 1 aliphatic heterocycles. The Morgan fingerprint density at radius 1 is 1.03 bits per heavy atom. The second-order valence-electron chi connectivity index (χ2n) is 6.54. The summed E-state index contributed by atoms with van der Waals surface area (Å²) in [5.74, 6) is -1.28. The minimum absolute atomic E-state index is 0.0306. The molecule has 1 atom stereocenters. The summed E-state index contributed by atoms with van der Waals surface area (Å²) in [5.41, 5.74) is 0.884. The van der Waals surface area contributed by atoms with Crippen molar-refractivity contribution < 1.29 is 19.1 Å². The zero-order chi connectivity index (χ0) is 20.5. The number of nitrogens with zero attached hydrogens (tertiary/aromatic N) is 1. The van der Waals surface area contributed by atoms with E-state index in [2.05, 4.69) is 0 Å². The van der Waals surface area contributed by atoms with Gasteiger partial charge in [-0.1, -0.05) is 59.6 Å². The number of furan rings is 1. The van der Waals surface area contributed by atoms with Gasteiger partial charge in [0.05, 0.1) is 24.4 Å². The molecule has 2 heterocycles. The highest BCUT2D eigenvalue weighted by Gasteiger charge is 2.47. The fourth-order valence-corrected chi connectivity index (χ4v) is 3.92. The van der Waals surface area contributed by atoms with Gasteiger partial charge in [0, 0.05) is 15.6 Å².